The SMILES string of the molecule is [2H]C(C)(C)c1cc(-c2ccccc2)cc(C([2H])(C)C)c1-n1c(-c2[c-]ccc3c2sc2cc(C)c(C)cc23)nc2ccccc21.[2H]c1[c-]c(-c2ccc([Si](C)(C)C)cn2)cc([2H])c1C([2H])([2H])[2H].[Ir]. The van der Waals surface area contributed by atoms with Gasteiger partial charge in [0.2, 0.25) is 0 Å². The summed E-state index contributed by atoms with van der Waals surface area (Å²) in [6.45, 7) is 16.3. The van der Waals surface area contributed by atoms with E-state index < -0.39 is 26.7 Å². The summed E-state index contributed by atoms with van der Waals surface area (Å²) in [6.07, 6.45) is 1.82. The molecule has 9 rings (SSSR count). The Hall–Kier alpha value is -4.97. The normalized spacial score (nSPS) is 13.9. The molecule has 3 heterocycles. The maximum Gasteiger partial charge on any atom is 0.0795 e. The molecule has 0 fully saturated rings. The fourth-order valence-electron chi connectivity index (χ4n) is 7.50. The van der Waals surface area contributed by atoms with Gasteiger partial charge in [-0.2, -0.15) is 11.3 Å². The Kier molecular flexibility index (Phi) is 10.2. The number of aromatic nitrogens is 3. The zero-order valence-corrected chi connectivity index (χ0v) is 39.8. The molecule has 3 nitrogen and oxygen atoms in total. The fourth-order valence-corrected chi connectivity index (χ4v) is 9.81. The molecule has 0 saturated heterocycles. The van der Waals surface area contributed by atoms with Gasteiger partial charge in [-0.05, 0) is 110 Å². The molecule has 0 bridgehead atoms. The van der Waals surface area contributed by atoms with Gasteiger partial charge in [0.05, 0.1) is 24.9 Å². The third-order valence-electron chi connectivity index (χ3n) is 10.9. The molecular formula is C54H53IrN3SSi-2. The third kappa shape index (κ3) is 8.49. The van der Waals surface area contributed by atoms with Crippen molar-refractivity contribution in [2.45, 2.75) is 79.8 Å². The predicted molar refractivity (Wildman–Crippen MR) is 258 cm³/mol. The van der Waals surface area contributed by atoms with Crippen LogP contribution < -0.4 is 5.19 Å². The summed E-state index contributed by atoms with van der Waals surface area (Å²) in [5, 5.41) is 3.66. The summed E-state index contributed by atoms with van der Waals surface area (Å²) >= 11 is 1.78. The van der Waals surface area contributed by atoms with Gasteiger partial charge in [-0.25, -0.2) is 0 Å². The first-order valence-corrected chi connectivity index (χ1v) is 24.3. The molecular weight excluding hydrogens is 943 g/mol. The second-order valence-electron chi connectivity index (χ2n) is 16.7. The van der Waals surface area contributed by atoms with E-state index in [4.69, 9.17) is 11.8 Å². The maximum atomic E-state index is 9.40. The molecule has 305 valence electrons. The molecule has 0 aliphatic rings. The third-order valence-corrected chi connectivity index (χ3v) is 14.2. The van der Waals surface area contributed by atoms with Gasteiger partial charge in [-0.15, -0.1) is 53.5 Å². The first kappa shape index (κ1) is 34.7. The molecule has 0 unspecified atom stereocenters. The van der Waals surface area contributed by atoms with E-state index in [2.05, 4.69) is 104 Å². The fraction of sp³-hybridized carbons (Fsp3) is 0.222. The van der Waals surface area contributed by atoms with E-state index in [1.165, 1.54) is 37.9 Å². The van der Waals surface area contributed by atoms with Gasteiger partial charge < -0.3 is 9.55 Å². The van der Waals surface area contributed by atoms with Crippen molar-refractivity contribution in [2.24, 2.45) is 0 Å². The van der Waals surface area contributed by atoms with Crippen LogP contribution in [-0.2, 0) is 20.1 Å². The van der Waals surface area contributed by atoms with Crippen molar-refractivity contribution in [3.8, 4) is 39.5 Å². The van der Waals surface area contributed by atoms with Crippen molar-refractivity contribution in [1.29, 1.82) is 0 Å². The van der Waals surface area contributed by atoms with E-state index in [-0.39, 0.29) is 37.8 Å². The van der Waals surface area contributed by atoms with Gasteiger partial charge in [0.25, 0.3) is 0 Å². The van der Waals surface area contributed by atoms with Gasteiger partial charge in [0.15, 0.2) is 0 Å². The molecule has 3 aromatic heterocycles. The Morgan fingerprint density at radius 1 is 0.783 bits per heavy atom. The molecule has 9 aromatic rings. The number of hydrogen-bond acceptors (Lipinski definition) is 3. The number of aryl methyl sites for hydroxylation is 2. The van der Waals surface area contributed by atoms with Gasteiger partial charge >= 0.3 is 0 Å². The minimum Gasteiger partial charge on any atom is -0.333 e. The van der Waals surface area contributed by atoms with Crippen molar-refractivity contribution in [3.63, 3.8) is 0 Å². The summed E-state index contributed by atoms with van der Waals surface area (Å²) < 4.78 is 61.3. The van der Waals surface area contributed by atoms with Gasteiger partial charge in [0, 0.05) is 46.3 Å². The second-order valence-corrected chi connectivity index (χ2v) is 22.8. The molecule has 0 amide bonds. The van der Waals surface area contributed by atoms with E-state index in [9.17, 15) is 2.74 Å². The number of thiophene rings is 1. The molecule has 0 spiro atoms. The van der Waals surface area contributed by atoms with Crippen LogP contribution in [-0.4, -0.2) is 22.6 Å². The molecule has 0 aliphatic carbocycles. The molecule has 6 heteroatoms. The Labute approximate surface area is 384 Å². The average molecular weight is 1000 g/mol. The topological polar surface area (TPSA) is 30.7 Å². The summed E-state index contributed by atoms with van der Waals surface area (Å²) in [4.78, 5) is 9.64. The predicted octanol–water partition coefficient (Wildman–Crippen LogP) is 14.8. The van der Waals surface area contributed by atoms with E-state index in [1.807, 2.05) is 88.5 Å². The number of hydrogen-bond donors (Lipinski definition) is 0. The summed E-state index contributed by atoms with van der Waals surface area (Å²) in [6, 6.07) is 42.6. The first-order chi connectivity index (χ1) is 30.9. The monoisotopic (exact) mass is 1000 g/mol. The van der Waals surface area contributed by atoms with E-state index in [1.54, 1.807) is 11.3 Å². The number of fused-ring (bicyclic) bond motifs is 4. The van der Waals surface area contributed by atoms with Crippen molar-refractivity contribution < 1.29 is 29.7 Å². The van der Waals surface area contributed by atoms with Crippen LogP contribution >= 0.6 is 11.3 Å². The average Bonchev–Trinajstić information content (AvgIpc) is 3.80. The van der Waals surface area contributed by atoms with Crippen LogP contribution in [0.25, 0.3) is 70.7 Å². The van der Waals surface area contributed by atoms with Crippen molar-refractivity contribution in [2.75, 3.05) is 0 Å². The molecule has 0 atom stereocenters. The Balaban J connectivity index is 0.000000245. The molecule has 0 N–H and O–H groups in total. The summed E-state index contributed by atoms with van der Waals surface area (Å²) in [5.41, 5.74) is 10.8. The van der Waals surface area contributed by atoms with Crippen LogP contribution in [0.2, 0.25) is 19.6 Å². The zero-order valence-electron chi connectivity index (χ0n) is 42.6. The van der Waals surface area contributed by atoms with Gasteiger partial charge in [0.1, 0.15) is 0 Å². The van der Waals surface area contributed by atoms with E-state index in [0.29, 0.717) is 11.3 Å². The number of nitrogens with zero attached hydrogens (tertiary/aromatic N) is 3. The Morgan fingerprint density at radius 2 is 1.48 bits per heavy atom. The smallest absolute Gasteiger partial charge is 0.0795 e. The van der Waals surface area contributed by atoms with E-state index in [0.717, 1.165) is 55.1 Å². The van der Waals surface area contributed by atoms with Crippen LogP contribution in [0.15, 0.2) is 127 Å². The van der Waals surface area contributed by atoms with Crippen LogP contribution in [0.1, 0.15) is 76.9 Å². The second kappa shape index (κ2) is 17.6. The van der Waals surface area contributed by atoms with Crippen LogP contribution in [0.4, 0.5) is 0 Å². The standard InChI is InChI=1S/C39H35N2S.C15H18NSi.Ir/c1-23(2)31-21-28(27-13-8-7-9-14-27)22-32(24(3)4)37(31)41-35-18-11-10-17-34(35)40-39(41)30-16-12-15-29-33-19-25(5)26(6)20-36(33)42-38(29)30;1-12-5-7-13(8-6-12)15-10-9-14(11-16-15)17(2,3)4;/h7-15,17-24H,1-6H3;5-7,9-11H,1-4H3;/q2*-1;/i23D,24D;1D3,5D,6D;. The van der Waals surface area contributed by atoms with Crippen LogP contribution in [0.3, 0.4) is 0 Å². The van der Waals surface area contributed by atoms with Crippen LogP contribution in [0.5, 0.6) is 0 Å². The molecule has 0 aliphatic heterocycles. The molecule has 60 heavy (non-hydrogen) atoms. The maximum absolute atomic E-state index is 9.40. The van der Waals surface area contributed by atoms with Crippen molar-refractivity contribution in [1.82, 2.24) is 14.5 Å². The minimum absolute atomic E-state index is 0. The Morgan fingerprint density at radius 3 is 2.13 bits per heavy atom. The largest absolute Gasteiger partial charge is 0.333 e. The zero-order chi connectivity index (χ0) is 47.7. The molecule has 6 aromatic carbocycles. The number of benzene rings is 6. The number of para-hydroxylation sites is 2. The summed E-state index contributed by atoms with van der Waals surface area (Å²) in [5.74, 6) is -1.13. The van der Waals surface area contributed by atoms with Crippen molar-refractivity contribution in [3.05, 3.63) is 167 Å². The van der Waals surface area contributed by atoms with Gasteiger partial charge in [-0.3, -0.25) is 4.98 Å². The minimum atomic E-state index is -2.47. The number of pyridine rings is 1. The first-order valence-electron chi connectivity index (χ1n) is 23.5. The summed E-state index contributed by atoms with van der Waals surface area (Å²) in [7, 11) is -1.43. The van der Waals surface area contributed by atoms with E-state index >= 15 is 0 Å². The molecule has 0 saturated carbocycles. The molecule has 1 radical (unpaired) electrons. The van der Waals surface area contributed by atoms with Crippen LogP contribution in [0, 0.1) is 32.8 Å². The van der Waals surface area contributed by atoms with Gasteiger partial charge in [-0.1, -0.05) is 126 Å². The quantitative estimate of drug-likeness (QED) is 0.118. The van der Waals surface area contributed by atoms with Crippen molar-refractivity contribution >= 4 is 55.8 Å². The Bertz CT molecular complexity index is 3230. The number of imidazole rings is 1. The number of rotatable bonds is 7.